The predicted molar refractivity (Wildman–Crippen MR) is 55.2 cm³/mol. The van der Waals surface area contributed by atoms with E-state index in [0.29, 0.717) is 0 Å². The highest BCUT2D eigenvalue weighted by Crippen LogP contribution is 2.24. The summed E-state index contributed by atoms with van der Waals surface area (Å²) >= 11 is 6.03. The van der Waals surface area contributed by atoms with Crippen LogP contribution in [0.2, 0.25) is 5.02 Å². The topological polar surface area (TPSA) is 17.8 Å². The van der Waals surface area contributed by atoms with Crippen molar-refractivity contribution in [1.29, 1.82) is 0 Å². The van der Waals surface area contributed by atoms with Gasteiger partial charge in [0.25, 0.3) is 0 Å². The van der Waals surface area contributed by atoms with Gasteiger partial charge in [0.2, 0.25) is 0 Å². The van der Waals surface area contributed by atoms with Crippen LogP contribution in [-0.4, -0.2) is 9.78 Å². The van der Waals surface area contributed by atoms with Gasteiger partial charge < -0.3 is 0 Å². The van der Waals surface area contributed by atoms with Crippen LogP contribution in [-0.2, 0) is 7.05 Å². The molecule has 3 heteroatoms. The molecule has 0 radical (unpaired) electrons. The molecule has 0 saturated carbocycles. The average molecular weight is 195 g/mol. The molecule has 2 nitrogen and oxygen atoms in total. The third-order valence-electron chi connectivity index (χ3n) is 2.41. The summed E-state index contributed by atoms with van der Waals surface area (Å²) in [5.41, 5.74) is 3.24. The first-order chi connectivity index (χ1) is 6.09. The van der Waals surface area contributed by atoms with E-state index in [1.165, 1.54) is 0 Å². The van der Waals surface area contributed by atoms with E-state index in [1.54, 1.807) is 0 Å². The Labute approximate surface area is 82.1 Å². The summed E-state index contributed by atoms with van der Waals surface area (Å²) in [4.78, 5) is 0. The first-order valence-corrected chi connectivity index (χ1v) is 4.57. The van der Waals surface area contributed by atoms with Gasteiger partial charge in [-0.2, -0.15) is 5.10 Å². The minimum atomic E-state index is 0.809. The number of benzene rings is 1. The highest BCUT2D eigenvalue weighted by atomic mass is 35.5. The Balaban J connectivity index is 2.89. The molecule has 0 aliphatic rings. The Hall–Kier alpha value is -1.02. The molecule has 1 aromatic heterocycles. The number of halogens is 1. The van der Waals surface area contributed by atoms with Crippen molar-refractivity contribution in [3.8, 4) is 0 Å². The molecule has 0 amide bonds. The van der Waals surface area contributed by atoms with Crippen molar-refractivity contribution >= 4 is 22.5 Å². The lowest BCUT2D eigenvalue weighted by atomic mass is 10.1. The number of aryl methyl sites for hydroxylation is 3. The van der Waals surface area contributed by atoms with Crippen LogP contribution in [0.1, 0.15) is 11.3 Å². The summed E-state index contributed by atoms with van der Waals surface area (Å²) in [5, 5.41) is 6.32. The van der Waals surface area contributed by atoms with E-state index in [1.807, 2.05) is 37.7 Å². The van der Waals surface area contributed by atoms with Gasteiger partial charge >= 0.3 is 0 Å². The Kier molecular flexibility index (Phi) is 1.81. The summed E-state index contributed by atoms with van der Waals surface area (Å²) in [5.74, 6) is 0. The monoisotopic (exact) mass is 194 g/mol. The lowest BCUT2D eigenvalue weighted by molar-refractivity contribution is 0.751. The van der Waals surface area contributed by atoms with E-state index in [4.69, 9.17) is 11.6 Å². The summed E-state index contributed by atoms with van der Waals surface area (Å²) in [6.07, 6.45) is 0. The summed E-state index contributed by atoms with van der Waals surface area (Å²) < 4.78 is 1.88. The van der Waals surface area contributed by atoms with Crippen LogP contribution >= 0.6 is 11.6 Å². The van der Waals surface area contributed by atoms with Crippen LogP contribution in [0.4, 0.5) is 0 Å². The van der Waals surface area contributed by atoms with E-state index in [0.717, 1.165) is 27.2 Å². The minimum absolute atomic E-state index is 0.809. The minimum Gasteiger partial charge on any atom is -0.272 e. The molecule has 0 aliphatic carbocycles. The fraction of sp³-hybridized carbons (Fsp3) is 0.300. The first-order valence-electron chi connectivity index (χ1n) is 4.19. The molecular formula is C10H11ClN2. The fourth-order valence-corrected chi connectivity index (χ4v) is 1.61. The molecule has 0 atom stereocenters. The molecule has 0 bridgehead atoms. The van der Waals surface area contributed by atoms with E-state index in [2.05, 4.69) is 5.10 Å². The molecule has 0 N–H and O–H groups in total. The van der Waals surface area contributed by atoms with Crippen molar-refractivity contribution in [1.82, 2.24) is 9.78 Å². The van der Waals surface area contributed by atoms with Gasteiger partial charge in [-0.05, 0) is 31.5 Å². The Morgan fingerprint density at radius 1 is 1.31 bits per heavy atom. The van der Waals surface area contributed by atoms with Crippen LogP contribution < -0.4 is 0 Å². The largest absolute Gasteiger partial charge is 0.272 e. The number of rotatable bonds is 0. The van der Waals surface area contributed by atoms with Crippen molar-refractivity contribution in [2.75, 3.05) is 0 Å². The van der Waals surface area contributed by atoms with Crippen molar-refractivity contribution in [3.63, 3.8) is 0 Å². The van der Waals surface area contributed by atoms with Gasteiger partial charge in [0.15, 0.2) is 0 Å². The normalized spacial score (nSPS) is 11.1. The maximum atomic E-state index is 6.03. The van der Waals surface area contributed by atoms with Gasteiger partial charge in [0, 0.05) is 23.2 Å². The van der Waals surface area contributed by atoms with Gasteiger partial charge in [-0.25, -0.2) is 0 Å². The summed E-state index contributed by atoms with van der Waals surface area (Å²) in [7, 11) is 1.94. The van der Waals surface area contributed by atoms with E-state index in [-0.39, 0.29) is 0 Å². The van der Waals surface area contributed by atoms with Gasteiger partial charge in [-0.15, -0.1) is 0 Å². The predicted octanol–water partition coefficient (Wildman–Crippen LogP) is 2.84. The Morgan fingerprint density at radius 3 is 2.69 bits per heavy atom. The lowest BCUT2D eigenvalue weighted by Gasteiger charge is -1.96. The molecule has 13 heavy (non-hydrogen) atoms. The maximum Gasteiger partial charge on any atom is 0.0929 e. The molecule has 0 unspecified atom stereocenters. The third kappa shape index (κ3) is 1.22. The van der Waals surface area contributed by atoms with Crippen molar-refractivity contribution < 1.29 is 0 Å². The lowest BCUT2D eigenvalue weighted by Crippen LogP contribution is -1.91. The molecule has 68 valence electrons. The molecule has 0 aliphatic heterocycles. The van der Waals surface area contributed by atoms with Crippen LogP contribution in [0.15, 0.2) is 12.1 Å². The zero-order valence-corrected chi connectivity index (χ0v) is 8.68. The van der Waals surface area contributed by atoms with E-state index in [9.17, 15) is 0 Å². The number of hydrogen-bond donors (Lipinski definition) is 0. The molecular weight excluding hydrogens is 184 g/mol. The number of nitrogens with zero attached hydrogens (tertiary/aromatic N) is 2. The Morgan fingerprint density at radius 2 is 2.00 bits per heavy atom. The van der Waals surface area contributed by atoms with E-state index < -0.39 is 0 Å². The van der Waals surface area contributed by atoms with Crippen LogP contribution in [0.3, 0.4) is 0 Å². The number of aromatic nitrogens is 2. The van der Waals surface area contributed by atoms with Gasteiger partial charge in [0.05, 0.1) is 5.52 Å². The standard InChI is InChI=1S/C10H11ClN2/c1-6-4-10-8(5-9(6)11)7(2)13(3)12-10/h4-5H,1-3H3. The molecule has 0 saturated heterocycles. The molecule has 1 aromatic carbocycles. The Bertz CT molecular complexity index is 471. The van der Waals surface area contributed by atoms with Crippen LogP contribution in [0.5, 0.6) is 0 Å². The fourth-order valence-electron chi connectivity index (χ4n) is 1.45. The summed E-state index contributed by atoms with van der Waals surface area (Å²) in [6, 6.07) is 4.00. The average Bonchev–Trinajstić information content (AvgIpc) is 2.32. The highest BCUT2D eigenvalue weighted by Gasteiger charge is 2.06. The SMILES string of the molecule is Cc1cc2nn(C)c(C)c2cc1Cl. The van der Waals surface area contributed by atoms with Crippen LogP contribution in [0.25, 0.3) is 10.9 Å². The van der Waals surface area contributed by atoms with Crippen molar-refractivity contribution in [3.05, 3.63) is 28.4 Å². The second-order valence-electron chi connectivity index (χ2n) is 3.33. The molecule has 0 spiro atoms. The number of hydrogen-bond acceptors (Lipinski definition) is 1. The second kappa shape index (κ2) is 2.74. The molecule has 2 aromatic rings. The molecule has 1 heterocycles. The zero-order chi connectivity index (χ0) is 9.59. The molecule has 0 fully saturated rings. The van der Waals surface area contributed by atoms with Crippen molar-refractivity contribution in [2.24, 2.45) is 7.05 Å². The van der Waals surface area contributed by atoms with E-state index >= 15 is 0 Å². The zero-order valence-electron chi connectivity index (χ0n) is 7.93. The molecule has 2 rings (SSSR count). The van der Waals surface area contributed by atoms with Gasteiger partial charge in [0.1, 0.15) is 0 Å². The summed E-state index contributed by atoms with van der Waals surface area (Å²) in [6.45, 7) is 4.03. The van der Waals surface area contributed by atoms with Gasteiger partial charge in [-0.1, -0.05) is 11.6 Å². The second-order valence-corrected chi connectivity index (χ2v) is 3.73. The maximum absolute atomic E-state index is 6.03. The smallest absolute Gasteiger partial charge is 0.0929 e. The highest BCUT2D eigenvalue weighted by molar-refractivity contribution is 6.32. The van der Waals surface area contributed by atoms with Crippen LogP contribution in [0, 0.1) is 13.8 Å². The third-order valence-corrected chi connectivity index (χ3v) is 2.82. The first kappa shape index (κ1) is 8.57. The quantitative estimate of drug-likeness (QED) is 0.631. The van der Waals surface area contributed by atoms with Crippen molar-refractivity contribution in [2.45, 2.75) is 13.8 Å². The van der Waals surface area contributed by atoms with Gasteiger partial charge in [-0.3, -0.25) is 4.68 Å². The number of fused-ring (bicyclic) bond motifs is 1.